The smallest absolute Gasteiger partial charge is 0.319 e. The Hall–Kier alpha value is -1.57. The second-order valence-electron chi connectivity index (χ2n) is 5.75. The third kappa shape index (κ3) is 4.72. The number of hydrogen-bond donors (Lipinski definition) is 2. The molecule has 0 fully saturated rings. The number of hydrogen-bond acceptors (Lipinski definition) is 4. The van der Waals surface area contributed by atoms with Crippen molar-refractivity contribution in [2.45, 2.75) is 24.8 Å². The van der Waals surface area contributed by atoms with Crippen LogP contribution < -0.4 is 10.6 Å². The van der Waals surface area contributed by atoms with E-state index in [1.54, 1.807) is 11.3 Å². The van der Waals surface area contributed by atoms with E-state index >= 15 is 0 Å². The molecule has 0 aliphatic heterocycles. The van der Waals surface area contributed by atoms with Gasteiger partial charge in [-0.05, 0) is 35.6 Å². The molecule has 0 bridgehead atoms. The highest BCUT2D eigenvalue weighted by Gasteiger charge is 2.20. The Bertz CT molecular complexity index is 818. The molecule has 1 aromatic heterocycles. The maximum absolute atomic E-state index is 12.3. The summed E-state index contributed by atoms with van der Waals surface area (Å²) in [6.07, 6.45) is 1.10. The lowest BCUT2D eigenvalue weighted by molar-refractivity contribution is 0.245. The van der Waals surface area contributed by atoms with Crippen LogP contribution in [0.3, 0.4) is 0 Å². The molecule has 2 aromatic rings. The molecule has 1 atom stereocenters. The first-order valence-corrected chi connectivity index (χ1v) is 10.4. The molecule has 130 valence electrons. The van der Waals surface area contributed by atoms with Crippen LogP contribution in [0.2, 0.25) is 5.02 Å². The van der Waals surface area contributed by atoms with Crippen LogP contribution in [0.1, 0.15) is 24.8 Å². The van der Waals surface area contributed by atoms with Gasteiger partial charge in [0.25, 0.3) is 0 Å². The fourth-order valence-corrected chi connectivity index (χ4v) is 3.93. The molecular weight excluding hydrogens is 368 g/mol. The van der Waals surface area contributed by atoms with Gasteiger partial charge in [0.2, 0.25) is 0 Å². The van der Waals surface area contributed by atoms with E-state index in [4.69, 9.17) is 11.6 Å². The minimum Gasteiger partial charge on any atom is -0.330 e. The summed E-state index contributed by atoms with van der Waals surface area (Å²) < 4.78 is 23.3. The van der Waals surface area contributed by atoms with E-state index in [-0.39, 0.29) is 27.6 Å². The lowest BCUT2D eigenvalue weighted by atomic mass is 10.0. The number of nitrogens with one attached hydrogen (secondary N) is 2. The van der Waals surface area contributed by atoms with Gasteiger partial charge in [-0.15, -0.1) is 11.3 Å². The Labute approximate surface area is 151 Å². The topological polar surface area (TPSA) is 75.3 Å². The number of amides is 2. The fourth-order valence-electron chi connectivity index (χ4n) is 2.17. The van der Waals surface area contributed by atoms with Gasteiger partial charge in [-0.3, -0.25) is 0 Å². The second-order valence-corrected chi connectivity index (χ2v) is 9.15. The maximum atomic E-state index is 12.3. The summed E-state index contributed by atoms with van der Waals surface area (Å²) in [5, 5.41) is 7.76. The van der Waals surface area contributed by atoms with Crippen LogP contribution in [0, 0.1) is 5.92 Å². The number of benzene rings is 1. The largest absolute Gasteiger partial charge is 0.330 e. The molecule has 0 aliphatic rings. The predicted molar refractivity (Wildman–Crippen MR) is 98.6 cm³/mol. The predicted octanol–water partition coefficient (Wildman–Crippen LogP) is 4.32. The quantitative estimate of drug-likeness (QED) is 0.803. The van der Waals surface area contributed by atoms with Crippen molar-refractivity contribution >= 4 is 44.5 Å². The van der Waals surface area contributed by atoms with Crippen molar-refractivity contribution in [2.24, 2.45) is 5.92 Å². The molecule has 2 N–H and O–H groups in total. The van der Waals surface area contributed by atoms with Crippen LogP contribution in [0.15, 0.2) is 40.6 Å². The van der Waals surface area contributed by atoms with Crippen molar-refractivity contribution in [3.05, 3.63) is 45.6 Å². The number of carbonyl (C=O) groups excluding carboxylic acids is 1. The average molecular weight is 387 g/mol. The highest BCUT2D eigenvalue weighted by atomic mass is 35.5. The number of carbonyl (C=O) groups is 1. The molecule has 2 amide bonds. The highest BCUT2D eigenvalue weighted by molar-refractivity contribution is 7.90. The molecule has 1 aromatic carbocycles. The first kappa shape index (κ1) is 18.8. The molecule has 1 unspecified atom stereocenters. The van der Waals surface area contributed by atoms with E-state index in [2.05, 4.69) is 10.6 Å². The van der Waals surface area contributed by atoms with Crippen LogP contribution in [-0.4, -0.2) is 20.7 Å². The van der Waals surface area contributed by atoms with Gasteiger partial charge in [0.1, 0.15) is 0 Å². The zero-order valence-corrected chi connectivity index (χ0v) is 15.9. The Balaban J connectivity index is 2.17. The molecule has 0 saturated carbocycles. The first-order valence-electron chi connectivity index (χ1n) is 7.29. The van der Waals surface area contributed by atoms with Crippen LogP contribution in [0.25, 0.3) is 0 Å². The van der Waals surface area contributed by atoms with E-state index in [9.17, 15) is 13.2 Å². The fraction of sp³-hybridized carbons (Fsp3) is 0.312. The average Bonchev–Trinajstić information content (AvgIpc) is 2.99. The molecular formula is C16H19ClN2O3S2. The summed E-state index contributed by atoms with van der Waals surface area (Å²) in [4.78, 5) is 13.5. The van der Waals surface area contributed by atoms with Gasteiger partial charge in [0, 0.05) is 11.1 Å². The molecule has 0 spiro atoms. The summed E-state index contributed by atoms with van der Waals surface area (Å²) in [5.74, 6) is 0.201. The summed E-state index contributed by atoms with van der Waals surface area (Å²) >= 11 is 7.62. The molecule has 2 rings (SSSR count). The molecule has 5 nitrogen and oxygen atoms in total. The first-order chi connectivity index (χ1) is 11.2. The number of thiophene rings is 1. The van der Waals surface area contributed by atoms with E-state index in [1.807, 2.05) is 31.4 Å². The second kappa shape index (κ2) is 7.55. The number of urea groups is 1. The van der Waals surface area contributed by atoms with Gasteiger partial charge in [-0.25, -0.2) is 13.2 Å². The van der Waals surface area contributed by atoms with Crippen molar-refractivity contribution in [1.29, 1.82) is 0 Å². The molecule has 8 heteroatoms. The third-order valence-corrected chi connectivity index (χ3v) is 5.81. The SMILES string of the molecule is CC(C)C(NC(=O)Nc1cc(S(C)(=O)=O)ccc1Cl)c1cccs1. The number of sulfone groups is 1. The van der Waals surface area contributed by atoms with Crippen molar-refractivity contribution in [1.82, 2.24) is 5.32 Å². The van der Waals surface area contributed by atoms with Crippen molar-refractivity contribution < 1.29 is 13.2 Å². The highest BCUT2D eigenvalue weighted by Crippen LogP contribution is 2.27. The summed E-state index contributed by atoms with van der Waals surface area (Å²) in [6.45, 7) is 4.03. The number of rotatable bonds is 5. The van der Waals surface area contributed by atoms with Crippen molar-refractivity contribution in [3.8, 4) is 0 Å². The van der Waals surface area contributed by atoms with Gasteiger partial charge in [-0.2, -0.15) is 0 Å². The molecule has 1 heterocycles. The van der Waals surface area contributed by atoms with Crippen LogP contribution in [0.4, 0.5) is 10.5 Å². The van der Waals surface area contributed by atoms with Gasteiger partial charge >= 0.3 is 6.03 Å². The summed E-state index contributed by atoms with van der Waals surface area (Å²) in [7, 11) is -3.38. The van der Waals surface area contributed by atoms with Crippen molar-refractivity contribution in [2.75, 3.05) is 11.6 Å². The van der Waals surface area contributed by atoms with Gasteiger partial charge in [0.05, 0.1) is 21.6 Å². The molecule has 24 heavy (non-hydrogen) atoms. The number of halogens is 1. The zero-order chi connectivity index (χ0) is 17.9. The monoisotopic (exact) mass is 386 g/mol. The van der Waals surface area contributed by atoms with Crippen molar-refractivity contribution in [3.63, 3.8) is 0 Å². The molecule has 0 aliphatic carbocycles. The molecule has 0 saturated heterocycles. The van der Waals surface area contributed by atoms with Gasteiger partial charge < -0.3 is 10.6 Å². The third-order valence-electron chi connectivity index (χ3n) is 3.42. The minimum absolute atomic E-state index is 0.0980. The Morgan fingerprint density at radius 2 is 1.96 bits per heavy atom. The van der Waals surface area contributed by atoms with E-state index < -0.39 is 15.9 Å². The van der Waals surface area contributed by atoms with E-state index in [1.165, 1.54) is 18.2 Å². The Kier molecular flexibility index (Phi) is 5.90. The summed E-state index contributed by atoms with van der Waals surface area (Å²) in [5.41, 5.74) is 0.255. The molecule has 0 radical (unpaired) electrons. The minimum atomic E-state index is -3.38. The standard InChI is InChI=1S/C16H19ClN2O3S2/c1-10(2)15(14-5-4-8-23-14)19-16(20)18-13-9-11(24(3,21)22)6-7-12(13)17/h4-10,15H,1-3H3,(H2,18,19,20). The van der Waals surface area contributed by atoms with E-state index in [0.717, 1.165) is 11.1 Å². The van der Waals surface area contributed by atoms with Gasteiger partial charge in [0.15, 0.2) is 9.84 Å². The number of anilines is 1. The normalized spacial score (nSPS) is 12.9. The summed E-state index contributed by atoms with van der Waals surface area (Å²) in [6, 6.07) is 7.54. The zero-order valence-electron chi connectivity index (χ0n) is 13.5. The maximum Gasteiger partial charge on any atom is 0.319 e. The Morgan fingerprint density at radius 3 is 2.50 bits per heavy atom. The lowest BCUT2D eigenvalue weighted by Gasteiger charge is -2.21. The lowest BCUT2D eigenvalue weighted by Crippen LogP contribution is -2.34. The van der Waals surface area contributed by atoms with E-state index in [0.29, 0.717) is 0 Å². The van der Waals surface area contributed by atoms with Crippen LogP contribution in [0.5, 0.6) is 0 Å². The Morgan fingerprint density at radius 1 is 1.25 bits per heavy atom. The van der Waals surface area contributed by atoms with Crippen LogP contribution >= 0.6 is 22.9 Å². The van der Waals surface area contributed by atoms with Crippen LogP contribution in [-0.2, 0) is 9.84 Å². The van der Waals surface area contributed by atoms with Gasteiger partial charge in [-0.1, -0.05) is 31.5 Å².